The third-order valence-electron chi connectivity index (χ3n) is 4.43. The number of furan rings is 1. The van der Waals surface area contributed by atoms with Gasteiger partial charge in [-0.1, -0.05) is 12.1 Å². The second-order valence-corrected chi connectivity index (χ2v) is 6.80. The standard InChI is InChI=1S/C21H29N5O3/c1-26-21(24-20(16-27)25-26)23-10-3-2-4-11-28-18-8-5-7-17(13-18)14-22-15-19-9-6-12-29-19/h5-9,12-13,22,27H,2-4,10-11,14-16H2,1H3,(H,23,24,25). The molecule has 3 N–H and O–H groups in total. The number of aliphatic hydroxyl groups excluding tert-OH is 1. The average molecular weight is 399 g/mol. The molecule has 0 amide bonds. The monoisotopic (exact) mass is 399 g/mol. The third kappa shape index (κ3) is 6.92. The predicted molar refractivity (Wildman–Crippen MR) is 110 cm³/mol. The van der Waals surface area contributed by atoms with Crippen LogP contribution in [0.1, 0.15) is 36.4 Å². The van der Waals surface area contributed by atoms with Crippen LogP contribution in [0.2, 0.25) is 0 Å². The van der Waals surface area contributed by atoms with E-state index in [-0.39, 0.29) is 6.61 Å². The number of aromatic nitrogens is 3. The molecule has 0 saturated heterocycles. The summed E-state index contributed by atoms with van der Waals surface area (Å²) in [6, 6.07) is 12.0. The zero-order chi connectivity index (χ0) is 20.3. The lowest BCUT2D eigenvalue weighted by Gasteiger charge is -2.09. The van der Waals surface area contributed by atoms with Crippen molar-refractivity contribution in [1.29, 1.82) is 0 Å². The van der Waals surface area contributed by atoms with Crippen molar-refractivity contribution in [3.63, 3.8) is 0 Å². The van der Waals surface area contributed by atoms with Crippen LogP contribution in [0.15, 0.2) is 47.1 Å². The van der Waals surface area contributed by atoms with Gasteiger partial charge in [-0.05, 0) is 49.1 Å². The maximum atomic E-state index is 9.05. The summed E-state index contributed by atoms with van der Waals surface area (Å²) in [6.45, 7) is 2.84. The normalized spacial score (nSPS) is 11.0. The first-order chi connectivity index (χ1) is 14.2. The molecule has 0 unspecified atom stereocenters. The number of rotatable bonds is 13. The number of aliphatic hydroxyl groups is 1. The summed E-state index contributed by atoms with van der Waals surface area (Å²) < 4.78 is 12.8. The number of nitrogens with zero attached hydrogens (tertiary/aromatic N) is 3. The first-order valence-corrected chi connectivity index (χ1v) is 9.94. The molecule has 1 aromatic carbocycles. The van der Waals surface area contributed by atoms with Gasteiger partial charge in [0.25, 0.3) is 0 Å². The van der Waals surface area contributed by atoms with Gasteiger partial charge in [-0.2, -0.15) is 10.1 Å². The van der Waals surface area contributed by atoms with E-state index in [2.05, 4.69) is 32.8 Å². The molecular formula is C21H29N5O3. The molecule has 3 aromatic rings. The fourth-order valence-corrected chi connectivity index (χ4v) is 2.94. The molecule has 0 spiro atoms. The van der Waals surface area contributed by atoms with Gasteiger partial charge in [0.15, 0.2) is 5.82 Å². The predicted octanol–water partition coefficient (Wildman–Crippen LogP) is 2.85. The van der Waals surface area contributed by atoms with Crippen molar-refractivity contribution in [3.05, 3.63) is 59.8 Å². The lowest BCUT2D eigenvalue weighted by atomic mass is 10.2. The van der Waals surface area contributed by atoms with Gasteiger partial charge in [0.2, 0.25) is 5.95 Å². The number of aryl methyl sites for hydroxylation is 1. The Morgan fingerprint density at radius 2 is 2.07 bits per heavy atom. The molecular weight excluding hydrogens is 370 g/mol. The molecule has 156 valence electrons. The molecule has 29 heavy (non-hydrogen) atoms. The van der Waals surface area contributed by atoms with E-state index in [0.717, 1.165) is 43.9 Å². The first kappa shape index (κ1) is 20.9. The van der Waals surface area contributed by atoms with E-state index in [1.807, 2.05) is 31.3 Å². The molecule has 0 bridgehead atoms. The number of hydrogen-bond acceptors (Lipinski definition) is 7. The van der Waals surface area contributed by atoms with Crippen molar-refractivity contribution >= 4 is 5.95 Å². The Morgan fingerprint density at radius 1 is 1.14 bits per heavy atom. The van der Waals surface area contributed by atoms with E-state index in [4.69, 9.17) is 14.3 Å². The van der Waals surface area contributed by atoms with Crippen LogP contribution in [0, 0.1) is 0 Å². The molecule has 8 heteroatoms. The van der Waals surface area contributed by atoms with Gasteiger partial charge in [-0.3, -0.25) is 0 Å². The minimum absolute atomic E-state index is 0.145. The molecule has 3 rings (SSSR count). The fraction of sp³-hybridized carbons (Fsp3) is 0.429. The molecule has 2 aromatic heterocycles. The number of unbranched alkanes of at least 4 members (excludes halogenated alkanes) is 2. The van der Waals surface area contributed by atoms with Crippen LogP contribution in [0.25, 0.3) is 0 Å². The highest BCUT2D eigenvalue weighted by Gasteiger charge is 2.05. The minimum atomic E-state index is -0.145. The second-order valence-electron chi connectivity index (χ2n) is 6.80. The molecule has 0 radical (unpaired) electrons. The number of benzene rings is 1. The number of ether oxygens (including phenoxy) is 1. The number of hydrogen-bond donors (Lipinski definition) is 3. The van der Waals surface area contributed by atoms with E-state index >= 15 is 0 Å². The second kappa shape index (κ2) is 11.2. The Labute approximate surface area is 170 Å². The van der Waals surface area contributed by atoms with Crippen molar-refractivity contribution in [1.82, 2.24) is 20.1 Å². The zero-order valence-electron chi connectivity index (χ0n) is 16.8. The lowest BCUT2D eigenvalue weighted by molar-refractivity contribution is 0.271. The number of nitrogens with one attached hydrogen (secondary N) is 2. The molecule has 0 fully saturated rings. The van der Waals surface area contributed by atoms with Crippen molar-refractivity contribution < 1.29 is 14.3 Å². The molecule has 0 aliphatic rings. The zero-order valence-corrected chi connectivity index (χ0v) is 16.8. The van der Waals surface area contributed by atoms with Crippen LogP contribution in [0.4, 0.5) is 5.95 Å². The Hall–Kier alpha value is -2.84. The van der Waals surface area contributed by atoms with Crippen molar-refractivity contribution in [2.75, 3.05) is 18.5 Å². The SMILES string of the molecule is Cn1nc(CO)nc1NCCCCCOc1cccc(CNCc2ccco2)c1. The summed E-state index contributed by atoms with van der Waals surface area (Å²) in [6.07, 6.45) is 4.75. The summed E-state index contributed by atoms with van der Waals surface area (Å²) in [7, 11) is 1.81. The lowest BCUT2D eigenvalue weighted by Crippen LogP contribution is -2.12. The maximum Gasteiger partial charge on any atom is 0.221 e. The third-order valence-corrected chi connectivity index (χ3v) is 4.43. The van der Waals surface area contributed by atoms with E-state index in [9.17, 15) is 0 Å². The molecule has 0 atom stereocenters. The van der Waals surface area contributed by atoms with Gasteiger partial charge in [0, 0.05) is 20.1 Å². The van der Waals surface area contributed by atoms with Crippen molar-refractivity contribution in [2.24, 2.45) is 7.05 Å². The first-order valence-electron chi connectivity index (χ1n) is 9.94. The Kier molecular flexibility index (Phi) is 8.09. The fourth-order valence-electron chi connectivity index (χ4n) is 2.94. The highest BCUT2D eigenvalue weighted by Crippen LogP contribution is 2.14. The van der Waals surface area contributed by atoms with Gasteiger partial charge in [-0.25, -0.2) is 4.68 Å². The average Bonchev–Trinajstić information content (AvgIpc) is 3.37. The van der Waals surface area contributed by atoms with Crippen LogP contribution in [0.5, 0.6) is 5.75 Å². The summed E-state index contributed by atoms with van der Waals surface area (Å²) in [5, 5.41) is 19.7. The largest absolute Gasteiger partial charge is 0.494 e. The number of anilines is 1. The van der Waals surface area contributed by atoms with E-state index < -0.39 is 0 Å². The van der Waals surface area contributed by atoms with Gasteiger partial charge in [0.05, 0.1) is 19.4 Å². The molecule has 0 aliphatic carbocycles. The summed E-state index contributed by atoms with van der Waals surface area (Å²) in [4.78, 5) is 4.20. The molecule has 0 saturated carbocycles. The summed E-state index contributed by atoms with van der Waals surface area (Å²) >= 11 is 0. The van der Waals surface area contributed by atoms with E-state index in [1.54, 1.807) is 10.9 Å². The topological polar surface area (TPSA) is 97.4 Å². The van der Waals surface area contributed by atoms with Crippen molar-refractivity contribution in [3.8, 4) is 5.75 Å². The molecule has 2 heterocycles. The van der Waals surface area contributed by atoms with E-state index in [1.165, 1.54) is 5.56 Å². The quantitative estimate of drug-likeness (QED) is 0.380. The Morgan fingerprint density at radius 3 is 2.86 bits per heavy atom. The Balaban J connectivity index is 1.27. The summed E-state index contributed by atoms with van der Waals surface area (Å²) in [5.41, 5.74) is 1.18. The van der Waals surface area contributed by atoms with Crippen LogP contribution >= 0.6 is 0 Å². The van der Waals surface area contributed by atoms with Crippen LogP contribution in [0.3, 0.4) is 0 Å². The maximum absolute atomic E-state index is 9.05. The smallest absolute Gasteiger partial charge is 0.221 e. The van der Waals surface area contributed by atoms with Gasteiger partial charge < -0.3 is 24.9 Å². The van der Waals surface area contributed by atoms with E-state index in [0.29, 0.717) is 24.9 Å². The minimum Gasteiger partial charge on any atom is -0.494 e. The van der Waals surface area contributed by atoms with Crippen LogP contribution in [-0.2, 0) is 26.7 Å². The molecule has 8 nitrogen and oxygen atoms in total. The highest BCUT2D eigenvalue weighted by molar-refractivity contribution is 5.28. The summed E-state index contributed by atoms with van der Waals surface area (Å²) in [5.74, 6) is 2.94. The highest BCUT2D eigenvalue weighted by atomic mass is 16.5. The van der Waals surface area contributed by atoms with Crippen molar-refractivity contribution in [2.45, 2.75) is 39.0 Å². The van der Waals surface area contributed by atoms with Gasteiger partial charge in [0.1, 0.15) is 18.1 Å². The molecule has 0 aliphatic heterocycles. The van der Waals surface area contributed by atoms with Crippen LogP contribution < -0.4 is 15.4 Å². The van der Waals surface area contributed by atoms with Crippen LogP contribution in [-0.4, -0.2) is 33.0 Å². The van der Waals surface area contributed by atoms with Gasteiger partial charge >= 0.3 is 0 Å². The Bertz CT molecular complexity index is 848. The van der Waals surface area contributed by atoms with Gasteiger partial charge in [-0.15, -0.1) is 0 Å².